The number of benzene rings is 4. The fourth-order valence-electron chi connectivity index (χ4n) is 6.61. The zero-order chi connectivity index (χ0) is 33.1. The summed E-state index contributed by atoms with van der Waals surface area (Å²) in [5.74, 6) is 4.38. The van der Waals surface area contributed by atoms with Gasteiger partial charge in [0.1, 0.15) is 5.75 Å². The van der Waals surface area contributed by atoms with Crippen LogP contribution in [0.2, 0.25) is 0 Å². The Balaban J connectivity index is 1.29. The number of hydrogen-bond acceptors (Lipinski definition) is 9. The first-order valence-corrected chi connectivity index (χ1v) is 15.9. The number of likely N-dealkylation sites (N-methyl/N-ethyl adjacent to an activating group) is 2. The van der Waals surface area contributed by atoms with Crippen LogP contribution >= 0.6 is 0 Å². The summed E-state index contributed by atoms with van der Waals surface area (Å²) in [7, 11) is 10.9. The lowest BCUT2D eigenvalue weighted by Crippen LogP contribution is -2.33. The van der Waals surface area contributed by atoms with Crippen molar-refractivity contribution in [3.05, 3.63) is 94.0 Å². The molecule has 0 radical (unpaired) electrons. The van der Waals surface area contributed by atoms with Crippen LogP contribution in [-0.2, 0) is 37.2 Å². The number of ether oxygens (including phenoxy) is 6. The second kappa shape index (κ2) is 14.1. The lowest BCUT2D eigenvalue weighted by molar-refractivity contribution is 0.184. The molecule has 1 N–H and O–H groups in total. The molecule has 0 bridgehead atoms. The molecule has 0 spiro atoms. The van der Waals surface area contributed by atoms with Gasteiger partial charge in [-0.05, 0) is 104 Å². The number of fused-ring (bicyclic) bond motifs is 2. The molecule has 6 rings (SSSR count). The van der Waals surface area contributed by atoms with E-state index in [0.717, 1.165) is 50.0 Å². The number of hydrogen-bond donors (Lipinski definition) is 1. The van der Waals surface area contributed by atoms with Gasteiger partial charge in [-0.15, -0.1) is 0 Å². The van der Waals surface area contributed by atoms with Crippen molar-refractivity contribution in [3.63, 3.8) is 0 Å². The van der Waals surface area contributed by atoms with Crippen LogP contribution in [0.25, 0.3) is 0 Å². The first kappa shape index (κ1) is 32.5. The topological polar surface area (TPSA) is 82.1 Å². The molecule has 0 fully saturated rings. The van der Waals surface area contributed by atoms with Gasteiger partial charge in [0.15, 0.2) is 34.5 Å². The summed E-state index contributed by atoms with van der Waals surface area (Å²) >= 11 is 0. The van der Waals surface area contributed by atoms with Crippen molar-refractivity contribution in [1.82, 2.24) is 9.80 Å². The van der Waals surface area contributed by atoms with E-state index < -0.39 is 0 Å². The molecule has 4 aromatic rings. The highest BCUT2D eigenvalue weighted by Crippen LogP contribution is 2.48. The third-order valence-corrected chi connectivity index (χ3v) is 9.19. The summed E-state index contributed by atoms with van der Waals surface area (Å²) in [4.78, 5) is 4.68. The van der Waals surface area contributed by atoms with Crippen LogP contribution in [0.1, 0.15) is 39.4 Å². The van der Waals surface area contributed by atoms with Gasteiger partial charge in [-0.3, -0.25) is 4.90 Å². The van der Waals surface area contributed by atoms with Crippen molar-refractivity contribution in [2.24, 2.45) is 0 Å². The minimum Gasteiger partial charge on any atom is -0.504 e. The standard InChI is InChI=1S/C38H44N2O7/c1-39-15-13-27-20-36(44-5)38(45-6)37(30(27)22-39)47-35-21-29-26(19-34(35)43-4)14-16-40(2)31(29)17-24-7-10-28(11-8-24)46-33-18-25(23-42-3)9-12-32(33)41/h7-12,18-21,31,41H,13-17,22-23H2,1-6H3/t31-/m0/s1. The van der Waals surface area contributed by atoms with Crippen molar-refractivity contribution < 1.29 is 33.5 Å². The van der Waals surface area contributed by atoms with Crippen LogP contribution in [0.3, 0.4) is 0 Å². The third kappa shape index (κ3) is 6.83. The van der Waals surface area contributed by atoms with E-state index in [1.54, 1.807) is 40.6 Å². The Kier molecular flexibility index (Phi) is 9.77. The van der Waals surface area contributed by atoms with Crippen LogP contribution in [-0.4, -0.2) is 70.5 Å². The van der Waals surface area contributed by atoms with Crippen molar-refractivity contribution >= 4 is 0 Å². The molecule has 9 heteroatoms. The molecule has 0 aromatic heterocycles. The van der Waals surface area contributed by atoms with Crippen LogP contribution in [0.5, 0.6) is 46.0 Å². The SMILES string of the molecule is COCc1ccc(O)c(Oc2ccc(C[C@H]3c4cc(Oc5c6c(cc(OC)c5OC)CCN(C)C6)c(OC)cc4CCN3C)cc2)c1. The van der Waals surface area contributed by atoms with Crippen LogP contribution in [0, 0.1) is 0 Å². The van der Waals surface area contributed by atoms with Gasteiger partial charge in [-0.1, -0.05) is 18.2 Å². The highest BCUT2D eigenvalue weighted by molar-refractivity contribution is 5.62. The second-order valence-corrected chi connectivity index (χ2v) is 12.3. The predicted octanol–water partition coefficient (Wildman–Crippen LogP) is 6.91. The molecule has 0 aliphatic carbocycles. The quantitative estimate of drug-likeness (QED) is 0.188. The Morgan fingerprint density at radius 2 is 1.43 bits per heavy atom. The average molecular weight is 641 g/mol. The lowest BCUT2D eigenvalue weighted by Gasteiger charge is -2.35. The largest absolute Gasteiger partial charge is 0.504 e. The van der Waals surface area contributed by atoms with Crippen molar-refractivity contribution in [2.75, 3.05) is 55.6 Å². The van der Waals surface area contributed by atoms with E-state index in [-0.39, 0.29) is 11.8 Å². The van der Waals surface area contributed by atoms with E-state index >= 15 is 0 Å². The van der Waals surface area contributed by atoms with Gasteiger partial charge in [0.2, 0.25) is 5.75 Å². The summed E-state index contributed by atoms with van der Waals surface area (Å²) in [5.41, 5.74) is 6.87. The summed E-state index contributed by atoms with van der Waals surface area (Å²) in [6.45, 7) is 3.09. The molecular weight excluding hydrogens is 596 g/mol. The van der Waals surface area contributed by atoms with E-state index in [1.807, 2.05) is 18.2 Å². The lowest BCUT2D eigenvalue weighted by atomic mass is 9.88. The predicted molar refractivity (Wildman–Crippen MR) is 181 cm³/mol. The molecule has 9 nitrogen and oxygen atoms in total. The fourth-order valence-corrected chi connectivity index (χ4v) is 6.61. The molecule has 248 valence electrons. The number of phenolic OH excluding ortho intramolecular Hbond substituents is 1. The van der Waals surface area contributed by atoms with Gasteiger partial charge < -0.3 is 38.4 Å². The van der Waals surface area contributed by atoms with Crippen LogP contribution in [0.4, 0.5) is 0 Å². The highest BCUT2D eigenvalue weighted by atomic mass is 16.5. The molecule has 0 saturated carbocycles. The molecule has 0 saturated heterocycles. The number of nitrogens with zero attached hydrogens (tertiary/aromatic N) is 2. The molecule has 1 atom stereocenters. The minimum atomic E-state index is 0.0851. The van der Waals surface area contributed by atoms with Crippen LogP contribution in [0.15, 0.2) is 60.7 Å². The van der Waals surface area contributed by atoms with Gasteiger partial charge in [-0.25, -0.2) is 0 Å². The van der Waals surface area contributed by atoms with Crippen molar-refractivity contribution in [3.8, 4) is 46.0 Å². The average Bonchev–Trinajstić information content (AvgIpc) is 3.08. The zero-order valence-corrected chi connectivity index (χ0v) is 28.1. The first-order chi connectivity index (χ1) is 22.8. The molecule has 2 aliphatic rings. The number of aromatic hydroxyl groups is 1. The monoisotopic (exact) mass is 640 g/mol. The number of rotatable bonds is 11. The Bertz CT molecular complexity index is 1720. The van der Waals surface area contributed by atoms with Crippen molar-refractivity contribution in [1.29, 1.82) is 0 Å². The first-order valence-electron chi connectivity index (χ1n) is 15.9. The highest BCUT2D eigenvalue weighted by Gasteiger charge is 2.30. The molecule has 4 aromatic carbocycles. The maximum atomic E-state index is 10.3. The van der Waals surface area contributed by atoms with E-state index in [4.69, 9.17) is 28.4 Å². The molecule has 2 heterocycles. The minimum absolute atomic E-state index is 0.0851. The zero-order valence-electron chi connectivity index (χ0n) is 28.1. The summed E-state index contributed by atoms with van der Waals surface area (Å²) in [6.07, 6.45) is 2.62. The van der Waals surface area contributed by atoms with Gasteiger partial charge in [0, 0.05) is 38.3 Å². The summed E-state index contributed by atoms with van der Waals surface area (Å²) in [6, 6.07) is 19.7. The van der Waals surface area contributed by atoms with Crippen LogP contribution < -0.4 is 23.7 Å². The normalized spacial score (nSPS) is 16.3. The van der Waals surface area contributed by atoms with E-state index in [0.29, 0.717) is 46.9 Å². The Hall–Kier alpha value is -4.44. The Labute approximate surface area is 277 Å². The van der Waals surface area contributed by atoms with Gasteiger partial charge >= 0.3 is 0 Å². The fraction of sp³-hybridized carbons (Fsp3) is 0.368. The smallest absolute Gasteiger partial charge is 0.204 e. The number of phenols is 1. The van der Waals surface area contributed by atoms with E-state index in [1.165, 1.54) is 22.3 Å². The molecule has 2 aliphatic heterocycles. The Morgan fingerprint density at radius 1 is 0.702 bits per heavy atom. The maximum Gasteiger partial charge on any atom is 0.204 e. The molecule has 0 unspecified atom stereocenters. The van der Waals surface area contributed by atoms with Crippen molar-refractivity contribution in [2.45, 2.75) is 38.5 Å². The van der Waals surface area contributed by atoms with Gasteiger partial charge in [0.25, 0.3) is 0 Å². The Morgan fingerprint density at radius 3 is 2.15 bits per heavy atom. The summed E-state index contributed by atoms with van der Waals surface area (Å²) in [5, 5.41) is 10.3. The molecule has 47 heavy (non-hydrogen) atoms. The maximum absolute atomic E-state index is 10.3. The molecular formula is C38H44N2O7. The second-order valence-electron chi connectivity index (χ2n) is 12.3. The third-order valence-electron chi connectivity index (χ3n) is 9.19. The molecule has 0 amide bonds. The number of methoxy groups -OCH3 is 4. The summed E-state index contributed by atoms with van der Waals surface area (Å²) < 4.78 is 35.5. The van der Waals surface area contributed by atoms with Gasteiger partial charge in [-0.2, -0.15) is 0 Å². The van der Waals surface area contributed by atoms with Gasteiger partial charge in [0.05, 0.1) is 27.9 Å². The van der Waals surface area contributed by atoms with E-state index in [9.17, 15) is 5.11 Å². The van der Waals surface area contributed by atoms with E-state index in [2.05, 4.69) is 54.2 Å².